The van der Waals surface area contributed by atoms with Gasteiger partial charge < -0.3 is 0 Å². The molecule has 0 aliphatic carbocycles. The van der Waals surface area contributed by atoms with Crippen LogP contribution in [0.3, 0.4) is 0 Å². The van der Waals surface area contributed by atoms with Gasteiger partial charge in [-0.2, -0.15) is 0 Å². The van der Waals surface area contributed by atoms with Gasteiger partial charge in [-0.1, -0.05) is 18.6 Å². The van der Waals surface area contributed by atoms with E-state index in [-0.39, 0.29) is 58.8 Å². The van der Waals surface area contributed by atoms with Crippen molar-refractivity contribution in [2.24, 2.45) is 0 Å². The molecule has 0 aromatic heterocycles. The Kier molecular flexibility index (Phi) is 92.5. The molecule has 0 radical (unpaired) electrons. The summed E-state index contributed by atoms with van der Waals surface area (Å²) in [6, 6.07) is 0. The molecule has 0 aromatic carbocycles. The maximum atomic E-state index is 2.23. The van der Waals surface area contributed by atoms with Gasteiger partial charge in [0.15, 0.2) is 0 Å². The topological polar surface area (TPSA) is 0 Å². The van der Waals surface area contributed by atoms with Crippen molar-refractivity contribution in [3.05, 3.63) is 0 Å². The summed E-state index contributed by atoms with van der Waals surface area (Å²) in [6.45, 7) is 4.46. The first-order valence-corrected chi connectivity index (χ1v) is 2.89. The molecule has 0 aliphatic rings. The van der Waals surface area contributed by atoms with Crippen LogP contribution in [0.1, 0.15) is 13.8 Å². The average Bonchev–Trinajstić information content (AvgIpc) is 0.811. The molecule has 0 N–H and O–H groups in total. The fraction of sp³-hybridized carbons (Fsp3) is 1.00. The summed E-state index contributed by atoms with van der Waals surface area (Å²) in [5.41, 5.74) is 0. The van der Waals surface area contributed by atoms with Crippen LogP contribution in [0.15, 0.2) is 0 Å². The summed E-state index contributed by atoms with van der Waals surface area (Å²) in [4.78, 5) is 0. The number of hydrogen-bond acceptors (Lipinski definition) is 0. The van der Waals surface area contributed by atoms with Crippen LogP contribution < -0.4 is 0 Å². The predicted octanol–water partition coefficient (Wildman–Crippen LogP) is 2.45. The van der Waals surface area contributed by atoms with Gasteiger partial charge in [0.25, 0.3) is 0 Å². The summed E-state index contributed by atoms with van der Waals surface area (Å²) in [7, 11) is 0. The first-order chi connectivity index (χ1) is 1.73. The van der Waals surface area contributed by atoms with E-state index in [0.29, 0.717) is 0 Å². The Morgan fingerprint density at radius 1 is 1.00 bits per heavy atom. The van der Waals surface area contributed by atoms with E-state index in [4.69, 9.17) is 0 Å². The smallest absolute Gasteiger partial charge is 0.147 e. The molecule has 0 bridgehead atoms. The van der Waals surface area contributed by atoms with Gasteiger partial charge in [-0.15, -0.1) is 58.8 Å². The second kappa shape index (κ2) is 23.0. The lowest BCUT2D eigenvalue weighted by Gasteiger charge is -1.77. The molecule has 0 rings (SSSR count). The van der Waals surface area contributed by atoms with Crippen LogP contribution in [-0.2, 0) is 0 Å². The Balaban J connectivity index is -0.00000000750. The largest absolute Gasteiger partial charge is 0.215 e. The highest BCUT2D eigenvalue weighted by Crippen LogP contribution is 1.84. The van der Waals surface area contributed by atoms with Crippen molar-refractivity contribution in [3.8, 4) is 0 Å². The van der Waals surface area contributed by atoms with E-state index in [1.807, 2.05) is 0 Å². The molecule has 0 saturated heterocycles. The lowest BCUT2D eigenvalue weighted by atomic mass is 10.6. The van der Waals surface area contributed by atoms with Crippen LogP contribution in [0.2, 0.25) is 4.78 Å². The van der Waals surface area contributed by atoms with Crippen molar-refractivity contribution in [2.75, 3.05) is 0 Å². The zero-order valence-corrected chi connectivity index (χ0v) is 12.3. The normalized spacial score (nSPS) is 4.38. The molecular weight excluding hydrogens is 294 g/mol. The van der Waals surface area contributed by atoms with Gasteiger partial charge in [0.1, 0.15) is 0 Å². The second-order valence-electron chi connectivity index (χ2n) is 1.73. The molecule has 0 aromatic rings. The highest BCUT2D eigenvalue weighted by molar-refractivity contribution is 8.93. The maximum Gasteiger partial charge on any atom is 0.215 e. The predicted molar refractivity (Wildman–Crippen MR) is 58.8 cm³/mol. The molecule has 0 heterocycles. The summed E-state index contributed by atoms with van der Waals surface area (Å²) >= 11 is 1.35. The van der Waals surface area contributed by atoms with Gasteiger partial charge in [0.05, 0.1) is 0 Å². The highest BCUT2D eigenvalue weighted by Gasteiger charge is 1.70. The van der Waals surface area contributed by atoms with E-state index in [9.17, 15) is 0 Å². The third-order valence-electron chi connectivity index (χ3n) is 0. The Hall–Kier alpha value is 2.07. The fourth-order valence-corrected chi connectivity index (χ4v) is 0. The van der Waals surface area contributed by atoms with E-state index in [0.717, 1.165) is 4.78 Å². The molecule has 0 amide bonds. The zero-order chi connectivity index (χ0) is 3.58. The monoisotopic (exact) mass is 304 g/mol. The van der Waals surface area contributed by atoms with E-state index >= 15 is 0 Å². The lowest BCUT2D eigenvalue weighted by molar-refractivity contribution is 1.08. The minimum Gasteiger partial charge on any atom is -0.147 e. The number of hydrogen-bond donors (Lipinski definition) is 0. The third-order valence-corrected chi connectivity index (χ3v) is 0. The summed E-state index contributed by atoms with van der Waals surface area (Å²) in [5.74, 6) is 0. The second-order valence-corrected chi connectivity index (χ2v) is 4.04. The average molecular weight is 307 g/mol. The summed E-state index contributed by atoms with van der Waals surface area (Å²) < 4.78 is 0.972. The van der Waals surface area contributed by atoms with Gasteiger partial charge in [-0.25, -0.2) is 0 Å². The van der Waals surface area contributed by atoms with Crippen LogP contribution in [0, 0.1) is 0 Å². The quantitative estimate of drug-likeness (QED) is 0.603. The first kappa shape index (κ1) is 32.2. The van der Waals surface area contributed by atoms with Crippen LogP contribution >= 0.6 is 58.8 Å². The van der Waals surface area contributed by atoms with Crippen LogP contribution in [0.4, 0.5) is 0 Å². The van der Waals surface area contributed by atoms with E-state index < -0.39 is 0 Å². The van der Waals surface area contributed by atoms with E-state index in [1.165, 1.54) is 16.3 Å². The summed E-state index contributed by atoms with van der Waals surface area (Å²) in [6.07, 6.45) is 0. The molecule has 0 spiro atoms. The van der Waals surface area contributed by atoms with Crippen molar-refractivity contribution in [3.63, 3.8) is 0 Å². The SMILES string of the molecule is Br.Br.C[CH](C)[AlH2].Cl.Cl. The molecule has 0 unspecified atom stereocenters. The van der Waals surface area contributed by atoms with Crippen molar-refractivity contribution in [1.82, 2.24) is 0 Å². The van der Waals surface area contributed by atoms with Crippen molar-refractivity contribution in [2.45, 2.75) is 18.6 Å². The van der Waals surface area contributed by atoms with Gasteiger partial charge in [-0.05, 0) is 0 Å². The molecular formula is C3H13AlBr2Cl2. The number of halogens is 4. The molecule has 0 fully saturated rings. The van der Waals surface area contributed by atoms with Crippen molar-refractivity contribution >= 4 is 75.1 Å². The van der Waals surface area contributed by atoms with Crippen LogP contribution in [-0.4, -0.2) is 16.3 Å². The van der Waals surface area contributed by atoms with Crippen LogP contribution in [0.5, 0.6) is 0 Å². The highest BCUT2D eigenvalue weighted by atomic mass is 79.9. The van der Waals surface area contributed by atoms with E-state index in [1.54, 1.807) is 0 Å². The first-order valence-electron chi connectivity index (χ1n) is 1.73. The lowest BCUT2D eigenvalue weighted by Crippen LogP contribution is -1.67. The van der Waals surface area contributed by atoms with Gasteiger partial charge in [0.2, 0.25) is 16.3 Å². The molecule has 0 atom stereocenters. The molecule has 8 heavy (non-hydrogen) atoms. The van der Waals surface area contributed by atoms with Crippen LogP contribution in [0.25, 0.3) is 0 Å². The van der Waals surface area contributed by atoms with Crippen molar-refractivity contribution < 1.29 is 0 Å². The standard InChI is InChI=1S/C3H7.Al.2BrH.2ClH.2H/c1-3-2;;;;;;;/h3H,1-2H3;;4*1H;;. The van der Waals surface area contributed by atoms with Gasteiger partial charge in [0, 0.05) is 0 Å². The maximum absolute atomic E-state index is 2.23. The van der Waals surface area contributed by atoms with E-state index in [2.05, 4.69) is 13.8 Å². The van der Waals surface area contributed by atoms with Gasteiger partial charge >= 0.3 is 0 Å². The Morgan fingerprint density at radius 3 is 1.00 bits per heavy atom. The van der Waals surface area contributed by atoms with Crippen molar-refractivity contribution in [1.29, 1.82) is 0 Å². The zero-order valence-electron chi connectivity index (χ0n) is 5.21. The molecule has 0 aliphatic heterocycles. The minimum atomic E-state index is 0. The summed E-state index contributed by atoms with van der Waals surface area (Å²) in [5, 5.41) is 0. The molecule has 0 nitrogen and oxygen atoms in total. The third kappa shape index (κ3) is 94.0. The Morgan fingerprint density at radius 2 is 1.00 bits per heavy atom. The number of rotatable bonds is 0. The Labute approximate surface area is 93.0 Å². The molecule has 0 saturated carbocycles. The Bertz CT molecular complexity index is 20.0. The minimum absolute atomic E-state index is 0. The fourth-order valence-electron chi connectivity index (χ4n) is 0. The van der Waals surface area contributed by atoms with Gasteiger partial charge in [-0.3, -0.25) is 0 Å². The molecule has 5 heteroatoms. The molecule has 56 valence electrons.